The van der Waals surface area contributed by atoms with Crippen LogP contribution in [0.15, 0.2) is 41.7 Å². The Hall–Kier alpha value is -2.30. The van der Waals surface area contributed by atoms with E-state index in [4.69, 9.17) is 0 Å². The normalized spacial score (nSPS) is 25.0. The van der Waals surface area contributed by atoms with Crippen molar-refractivity contribution in [3.8, 4) is 0 Å². The smallest absolute Gasteiger partial charge is 0.289 e. The maximum absolute atomic E-state index is 12.2. The molecule has 0 saturated heterocycles. The summed E-state index contributed by atoms with van der Waals surface area (Å²) < 4.78 is 0. The number of carbonyl (C=O) groups excluding carboxylic acids is 2. The molecule has 22 heavy (non-hydrogen) atoms. The van der Waals surface area contributed by atoms with Crippen LogP contribution in [0.4, 0.5) is 0 Å². The number of nitrogens with one attached hydrogen (secondary N) is 1. The van der Waals surface area contributed by atoms with Crippen molar-refractivity contribution in [3.63, 3.8) is 0 Å². The highest BCUT2D eigenvalue weighted by Crippen LogP contribution is 2.34. The topological polar surface area (TPSA) is 69.6 Å². The van der Waals surface area contributed by atoms with Crippen molar-refractivity contribution in [3.05, 3.63) is 47.2 Å². The van der Waals surface area contributed by atoms with E-state index in [1.807, 2.05) is 18.2 Å². The minimum Gasteiger partial charge on any atom is -0.503 e. The van der Waals surface area contributed by atoms with Crippen molar-refractivity contribution < 1.29 is 14.7 Å². The molecular formula is C17H20N2O3. The molecule has 2 N–H and O–H groups in total. The zero-order chi connectivity index (χ0) is 15.7. The molecule has 0 aromatic heterocycles. The second-order valence-corrected chi connectivity index (χ2v) is 6.08. The summed E-state index contributed by atoms with van der Waals surface area (Å²) in [6, 6.07) is 10.4. The lowest BCUT2D eigenvalue weighted by molar-refractivity contribution is -0.126. The molecule has 2 atom stereocenters. The van der Waals surface area contributed by atoms with Crippen molar-refractivity contribution in [2.45, 2.75) is 31.2 Å². The molecule has 1 aliphatic carbocycles. The zero-order valence-corrected chi connectivity index (χ0v) is 12.6. The monoisotopic (exact) mass is 300 g/mol. The van der Waals surface area contributed by atoms with Crippen LogP contribution in [0.25, 0.3) is 0 Å². The Kier molecular flexibility index (Phi) is 3.88. The number of amides is 2. The van der Waals surface area contributed by atoms with Gasteiger partial charge in [-0.1, -0.05) is 30.3 Å². The van der Waals surface area contributed by atoms with Gasteiger partial charge in [-0.15, -0.1) is 0 Å². The van der Waals surface area contributed by atoms with Gasteiger partial charge < -0.3 is 15.3 Å². The molecular weight excluding hydrogens is 280 g/mol. The molecule has 1 aromatic rings. The van der Waals surface area contributed by atoms with Crippen LogP contribution in [-0.4, -0.2) is 41.5 Å². The molecule has 1 heterocycles. The summed E-state index contributed by atoms with van der Waals surface area (Å²) in [4.78, 5) is 25.1. The summed E-state index contributed by atoms with van der Waals surface area (Å²) in [6.07, 6.45) is 2.86. The molecule has 116 valence electrons. The first kappa shape index (κ1) is 14.6. The van der Waals surface area contributed by atoms with Crippen molar-refractivity contribution in [2.75, 3.05) is 13.6 Å². The number of benzene rings is 1. The van der Waals surface area contributed by atoms with E-state index in [2.05, 4.69) is 17.4 Å². The molecule has 5 heteroatoms. The zero-order valence-electron chi connectivity index (χ0n) is 12.6. The van der Waals surface area contributed by atoms with Gasteiger partial charge in [0, 0.05) is 13.1 Å². The molecule has 2 amide bonds. The Morgan fingerprint density at radius 2 is 2.00 bits per heavy atom. The number of hydrogen-bond donors (Lipinski definition) is 2. The first-order valence-corrected chi connectivity index (χ1v) is 7.59. The number of aliphatic hydroxyl groups excluding tert-OH is 1. The number of hydrogen-bond acceptors (Lipinski definition) is 3. The minimum atomic E-state index is -0.487. The Morgan fingerprint density at radius 3 is 2.64 bits per heavy atom. The van der Waals surface area contributed by atoms with Crippen molar-refractivity contribution in [1.29, 1.82) is 0 Å². The molecule has 5 nitrogen and oxygen atoms in total. The standard InChI is InChI=1S/C17H20N2O3/c1-19-10-14(15(20)17(19)22)16(21)18-13-8-7-12(9-13)11-5-3-2-4-6-11/h2-6,12-13,20H,7-10H2,1H3,(H,18,21)/t12-,13?/m0/s1. The highest BCUT2D eigenvalue weighted by atomic mass is 16.3. The summed E-state index contributed by atoms with van der Waals surface area (Å²) in [6.45, 7) is 0.172. The van der Waals surface area contributed by atoms with Crippen LogP contribution >= 0.6 is 0 Å². The average Bonchev–Trinajstić information content (AvgIpc) is 3.09. The number of rotatable bonds is 3. The van der Waals surface area contributed by atoms with Crippen molar-refractivity contribution >= 4 is 11.8 Å². The van der Waals surface area contributed by atoms with Crippen molar-refractivity contribution in [1.82, 2.24) is 10.2 Å². The van der Waals surface area contributed by atoms with Crippen LogP contribution in [0.2, 0.25) is 0 Å². The van der Waals surface area contributed by atoms with Gasteiger partial charge in [-0.05, 0) is 30.7 Å². The highest BCUT2D eigenvalue weighted by Gasteiger charge is 2.34. The van der Waals surface area contributed by atoms with Crippen LogP contribution in [0.3, 0.4) is 0 Å². The van der Waals surface area contributed by atoms with Gasteiger partial charge in [0.15, 0.2) is 5.76 Å². The summed E-state index contributed by atoms with van der Waals surface area (Å²) in [5.41, 5.74) is 1.48. The molecule has 1 unspecified atom stereocenters. The van der Waals surface area contributed by atoms with E-state index in [1.54, 1.807) is 7.05 Å². The average molecular weight is 300 g/mol. The van der Waals surface area contributed by atoms with Crippen LogP contribution in [0.5, 0.6) is 0 Å². The first-order chi connectivity index (χ1) is 10.6. The van der Waals surface area contributed by atoms with Crippen LogP contribution < -0.4 is 5.32 Å². The lowest BCUT2D eigenvalue weighted by Gasteiger charge is -2.14. The predicted octanol–water partition coefficient (Wildman–Crippen LogP) is 1.72. The predicted molar refractivity (Wildman–Crippen MR) is 82.3 cm³/mol. The van der Waals surface area contributed by atoms with Gasteiger partial charge in [-0.2, -0.15) is 0 Å². The highest BCUT2D eigenvalue weighted by molar-refractivity contribution is 6.06. The number of carbonyl (C=O) groups is 2. The van der Waals surface area contributed by atoms with Gasteiger partial charge in [0.25, 0.3) is 11.8 Å². The molecule has 3 rings (SSSR count). The third-order valence-corrected chi connectivity index (χ3v) is 4.54. The molecule has 0 bridgehead atoms. The molecule has 0 spiro atoms. The third-order valence-electron chi connectivity index (χ3n) is 4.54. The van der Waals surface area contributed by atoms with E-state index < -0.39 is 11.7 Å². The van der Waals surface area contributed by atoms with Gasteiger partial charge in [-0.3, -0.25) is 9.59 Å². The maximum Gasteiger partial charge on any atom is 0.289 e. The first-order valence-electron chi connectivity index (χ1n) is 7.59. The maximum atomic E-state index is 12.2. The molecule has 1 aliphatic heterocycles. The Bertz CT molecular complexity index is 624. The summed E-state index contributed by atoms with van der Waals surface area (Å²) in [7, 11) is 1.57. The van der Waals surface area contributed by atoms with E-state index in [0.29, 0.717) is 5.92 Å². The number of nitrogens with zero attached hydrogens (tertiary/aromatic N) is 1. The Balaban J connectivity index is 1.61. The number of aliphatic hydroxyl groups is 1. The van der Waals surface area contributed by atoms with Gasteiger partial charge in [0.1, 0.15) is 0 Å². The third kappa shape index (κ3) is 2.71. The van der Waals surface area contributed by atoms with E-state index in [1.165, 1.54) is 10.5 Å². The van der Waals surface area contributed by atoms with Crippen LogP contribution in [0, 0.1) is 0 Å². The fourth-order valence-electron chi connectivity index (χ4n) is 3.29. The molecule has 1 saturated carbocycles. The second-order valence-electron chi connectivity index (χ2n) is 6.08. The number of likely N-dealkylation sites (N-methyl/N-ethyl adjacent to an activating group) is 1. The minimum absolute atomic E-state index is 0.0963. The van der Waals surface area contributed by atoms with Gasteiger partial charge in [0.2, 0.25) is 0 Å². The largest absolute Gasteiger partial charge is 0.503 e. The Morgan fingerprint density at radius 1 is 1.27 bits per heavy atom. The quantitative estimate of drug-likeness (QED) is 0.893. The van der Waals surface area contributed by atoms with Crippen LogP contribution in [-0.2, 0) is 9.59 Å². The fourth-order valence-corrected chi connectivity index (χ4v) is 3.29. The lowest BCUT2D eigenvalue weighted by atomic mass is 9.97. The fraction of sp³-hybridized carbons (Fsp3) is 0.412. The van der Waals surface area contributed by atoms with Gasteiger partial charge in [-0.25, -0.2) is 0 Å². The van der Waals surface area contributed by atoms with E-state index in [-0.39, 0.29) is 24.1 Å². The van der Waals surface area contributed by atoms with Crippen LogP contribution in [0.1, 0.15) is 30.7 Å². The molecule has 1 fully saturated rings. The lowest BCUT2D eigenvalue weighted by Crippen LogP contribution is -2.35. The SMILES string of the molecule is CN1CC(C(=O)NC2CC[C@H](c3ccccc3)C2)=C(O)C1=O. The van der Waals surface area contributed by atoms with E-state index in [0.717, 1.165) is 19.3 Å². The van der Waals surface area contributed by atoms with Gasteiger partial charge >= 0.3 is 0 Å². The Labute approximate surface area is 129 Å². The second kappa shape index (κ2) is 5.83. The van der Waals surface area contributed by atoms with E-state index >= 15 is 0 Å². The molecule has 0 radical (unpaired) electrons. The summed E-state index contributed by atoms with van der Waals surface area (Å²) >= 11 is 0. The van der Waals surface area contributed by atoms with Crippen molar-refractivity contribution in [2.24, 2.45) is 0 Å². The van der Waals surface area contributed by atoms with E-state index in [9.17, 15) is 14.7 Å². The molecule has 1 aromatic carbocycles. The molecule has 2 aliphatic rings. The summed E-state index contributed by atoms with van der Waals surface area (Å²) in [5, 5.41) is 12.7. The summed E-state index contributed by atoms with van der Waals surface area (Å²) in [5.74, 6) is -0.771. The van der Waals surface area contributed by atoms with Gasteiger partial charge in [0.05, 0.1) is 12.1 Å².